The van der Waals surface area contributed by atoms with Crippen LogP contribution in [0.3, 0.4) is 0 Å². The van der Waals surface area contributed by atoms with Crippen molar-refractivity contribution in [3.05, 3.63) is 23.7 Å². The molecular formula is C13H23N5OS. The summed E-state index contributed by atoms with van der Waals surface area (Å²) in [4.78, 5) is 14.3. The Bertz CT molecular complexity index is 404. The Kier molecular flexibility index (Phi) is 5.75. The maximum absolute atomic E-state index is 12.0. The van der Waals surface area contributed by atoms with Crippen LogP contribution in [0.4, 0.5) is 0 Å². The summed E-state index contributed by atoms with van der Waals surface area (Å²) in [6.45, 7) is 6.62. The Morgan fingerprint density at radius 3 is 3.00 bits per heavy atom. The van der Waals surface area contributed by atoms with Crippen molar-refractivity contribution in [2.24, 2.45) is 5.73 Å². The lowest BCUT2D eigenvalue weighted by Gasteiger charge is -2.34. The lowest BCUT2D eigenvalue weighted by molar-refractivity contribution is -0.119. The molecule has 2 aliphatic rings. The van der Waals surface area contributed by atoms with Crippen LogP contribution in [0.2, 0.25) is 0 Å². The van der Waals surface area contributed by atoms with Crippen molar-refractivity contribution in [1.29, 1.82) is 0 Å². The minimum absolute atomic E-state index is 0.146. The molecule has 20 heavy (non-hydrogen) atoms. The van der Waals surface area contributed by atoms with E-state index >= 15 is 0 Å². The van der Waals surface area contributed by atoms with Crippen LogP contribution in [0.5, 0.6) is 0 Å². The molecule has 0 aromatic carbocycles. The van der Waals surface area contributed by atoms with Crippen molar-refractivity contribution in [1.82, 2.24) is 20.9 Å². The summed E-state index contributed by atoms with van der Waals surface area (Å²) >= 11 is 1.44. The SMILES string of the molecule is CCSC(N)C(=O)NC1=CNCC=C1N1CCNCC1. The summed E-state index contributed by atoms with van der Waals surface area (Å²) in [6, 6.07) is 0. The van der Waals surface area contributed by atoms with E-state index in [1.165, 1.54) is 11.8 Å². The highest BCUT2D eigenvalue weighted by atomic mass is 32.2. The van der Waals surface area contributed by atoms with Crippen molar-refractivity contribution in [3.63, 3.8) is 0 Å². The first-order valence-corrected chi connectivity index (χ1v) is 8.05. The molecular weight excluding hydrogens is 274 g/mol. The maximum Gasteiger partial charge on any atom is 0.251 e. The van der Waals surface area contributed by atoms with Crippen LogP contribution >= 0.6 is 11.8 Å². The van der Waals surface area contributed by atoms with E-state index in [0.717, 1.165) is 49.9 Å². The van der Waals surface area contributed by atoms with Gasteiger partial charge in [0, 0.05) is 38.9 Å². The van der Waals surface area contributed by atoms with Gasteiger partial charge in [-0.05, 0) is 11.8 Å². The van der Waals surface area contributed by atoms with Crippen molar-refractivity contribution in [2.45, 2.75) is 12.3 Å². The maximum atomic E-state index is 12.0. The zero-order valence-electron chi connectivity index (χ0n) is 11.8. The standard InChI is InChI=1S/C13H23N5OS/c1-2-20-12(14)13(19)17-10-9-16-4-3-11(10)18-7-5-15-6-8-18/h3,9,12,15-16H,2,4-8,14H2,1H3,(H,17,19). The van der Waals surface area contributed by atoms with Gasteiger partial charge in [-0.25, -0.2) is 0 Å². The van der Waals surface area contributed by atoms with Gasteiger partial charge in [-0.1, -0.05) is 6.92 Å². The number of carbonyl (C=O) groups is 1. The molecule has 1 amide bonds. The number of nitrogens with one attached hydrogen (secondary N) is 3. The molecule has 1 saturated heterocycles. The van der Waals surface area contributed by atoms with E-state index < -0.39 is 5.37 Å². The van der Waals surface area contributed by atoms with Crippen LogP contribution in [0.15, 0.2) is 23.7 Å². The second kappa shape index (κ2) is 7.56. The van der Waals surface area contributed by atoms with Gasteiger partial charge in [-0.3, -0.25) is 4.79 Å². The first-order chi connectivity index (χ1) is 9.72. The number of dihydropyridines is 1. The van der Waals surface area contributed by atoms with Gasteiger partial charge in [-0.15, -0.1) is 11.8 Å². The van der Waals surface area contributed by atoms with Gasteiger partial charge in [0.1, 0.15) is 5.37 Å². The second-order valence-corrected chi connectivity index (χ2v) is 6.08. The number of hydrogen-bond donors (Lipinski definition) is 4. The molecule has 7 heteroatoms. The predicted octanol–water partition coefficient (Wildman–Crippen LogP) is -0.626. The van der Waals surface area contributed by atoms with E-state index in [2.05, 4.69) is 26.9 Å². The third kappa shape index (κ3) is 3.91. The number of nitrogens with two attached hydrogens (primary N) is 1. The number of thioether (sulfide) groups is 1. The summed E-state index contributed by atoms with van der Waals surface area (Å²) in [5.74, 6) is 0.680. The predicted molar refractivity (Wildman–Crippen MR) is 82.9 cm³/mol. The third-order valence-corrected chi connectivity index (χ3v) is 4.16. The Hall–Kier alpha value is -1.18. The summed E-state index contributed by atoms with van der Waals surface area (Å²) in [5.41, 5.74) is 7.73. The molecule has 1 unspecified atom stereocenters. The molecule has 0 radical (unpaired) electrons. The monoisotopic (exact) mass is 297 g/mol. The lowest BCUT2D eigenvalue weighted by atomic mass is 10.2. The lowest BCUT2D eigenvalue weighted by Crippen LogP contribution is -2.46. The van der Waals surface area contributed by atoms with Crippen molar-refractivity contribution in [3.8, 4) is 0 Å². The second-order valence-electron chi connectivity index (χ2n) is 4.66. The molecule has 2 aliphatic heterocycles. The van der Waals surface area contributed by atoms with Crippen molar-refractivity contribution < 1.29 is 4.79 Å². The van der Waals surface area contributed by atoms with Gasteiger partial charge >= 0.3 is 0 Å². The first-order valence-electron chi connectivity index (χ1n) is 7.00. The zero-order chi connectivity index (χ0) is 14.4. The van der Waals surface area contributed by atoms with Gasteiger partial charge in [0.05, 0.1) is 11.4 Å². The van der Waals surface area contributed by atoms with Gasteiger partial charge in [0.25, 0.3) is 5.91 Å². The van der Waals surface area contributed by atoms with Gasteiger partial charge in [0.15, 0.2) is 0 Å². The highest BCUT2D eigenvalue weighted by Gasteiger charge is 2.21. The fourth-order valence-corrected chi connectivity index (χ4v) is 2.83. The van der Waals surface area contributed by atoms with E-state index in [1.54, 1.807) is 0 Å². The summed E-state index contributed by atoms with van der Waals surface area (Å²) in [6.07, 6.45) is 3.97. The summed E-state index contributed by atoms with van der Waals surface area (Å²) in [5, 5.41) is 8.88. The van der Waals surface area contributed by atoms with Crippen LogP contribution in [0.1, 0.15) is 6.92 Å². The Morgan fingerprint density at radius 2 is 2.30 bits per heavy atom. The van der Waals surface area contributed by atoms with Crippen LogP contribution in [-0.2, 0) is 4.79 Å². The summed E-state index contributed by atoms with van der Waals surface area (Å²) < 4.78 is 0. The number of hydrogen-bond acceptors (Lipinski definition) is 6. The molecule has 1 fully saturated rings. The molecule has 0 bridgehead atoms. The highest BCUT2D eigenvalue weighted by molar-refractivity contribution is 8.00. The van der Waals surface area contributed by atoms with Crippen LogP contribution in [0.25, 0.3) is 0 Å². The molecule has 0 aliphatic carbocycles. The normalized spacial score (nSPS) is 20.6. The topological polar surface area (TPSA) is 82.4 Å². The third-order valence-electron chi connectivity index (χ3n) is 3.26. The van der Waals surface area contributed by atoms with E-state index in [9.17, 15) is 4.79 Å². The molecule has 0 aromatic heterocycles. The Labute approximate surface area is 124 Å². The fourth-order valence-electron chi connectivity index (χ4n) is 2.26. The average Bonchev–Trinajstić information content (AvgIpc) is 2.49. The fraction of sp³-hybridized carbons (Fsp3) is 0.615. The van der Waals surface area contributed by atoms with Crippen LogP contribution in [-0.4, -0.2) is 54.7 Å². The molecule has 0 aromatic rings. The average molecular weight is 297 g/mol. The van der Waals surface area contributed by atoms with E-state index in [4.69, 9.17) is 5.73 Å². The molecule has 0 spiro atoms. The molecule has 112 valence electrons. The smallest absolute Gasteiger partial charge is 0.251 e. The first kappa shape index (κ1) is 15.2. The number of carbonyl (C=O) groups excluding carboxylic acids is 1. The minimum atomic E-state index is -0.521. The Balaban J connectivity index is 1.99. The van der Waals surface area contributed by atoms with Crippen molar-refractivity contribution >= 4 is 17.7 Å². The molecule has 0 saturated carbocycles. The largest absolute Gasteiger partial charge is 0.386 e. The van der Waals surface area contributed by atoms with Gasteiger partial charge in [-0.2, -0.15) is 0 Å². The molecule has 2 heterocycles. The van der Waals surface area contributed by atoms with E-state index in [-0.39, 0.29) is 5.91 Å². The molecule has 2 rings (SSSR count). The molecule has 1 atom stereocenters. The number of amides is 1. The highest BCUT2D eigenvalue weighted by Crippen LogP contribution is 2.16. The van der Waals surface area contributed by atoms with Gasteiger partial charge < -0.3 is 26.6 Å². The quantitative estimate of drug-likeness (QED) is 0.506. The number of rotatable bonds is 5. The molecule has 5 N–H and O–H groups in total. The zero-order valence-corrected chi connectivity index (χ0v) is 12.6. The number of piperazine rings is 1. The van der Waals surface area contributed by atoms with E-state index in [1.807, 2.05) is 13.1 Å². The van der Waals surface area contributed by atoms with Crippen LogP contribution < -0.4 is 21.7 Å². The van der Waals surface area contributed by atoms with Crippen molar-refractivity contribution in [2.75, 3.05) is 38.5 Å². The van der Waals surface area contributed by atoms with Gasteiger partial charge in [0.2, 0.25) is 0 Å². The minimum Gasteiger partial charge on any atom is -0.386 e. The molecule has 6 nitrogen and oxygen atoms in total. The summed E-state index contributed by atoms with van der Waals surface area (Å²) in [7, 11) is 0. The van der Waals surface area contributed by atoms with E-state index in [0.29, 0.717) is 0 Å². The Morgan fingerprint density at radius 1 is 1.55 bits per heavy atom. The number of nitrogens with zero attached hydrogens (tertiary/aromatic N) is 1. The van der Waals surface area contributed by atoms with Crippen LogP contribution in [0, 0.1) is 0 Å².